The Bertz CT molecular complexity index is 234. The van der Waals surface area contributed by atoms with Crippen molar-refractivity contribution in [3.05, 3.63) is 42.5 Å². The van der Waals surface area contributed by atoms with Gasteiger partial charge in [0, 0.05) is 0 Å². The maximum Gasteiger partial charge on any atom is 0.118 e. The van der Waals surface area contributed by atoms with Gasteiger partial charge in [0.15, 0.2) is 0 Å². The summed E-state index contributed by atoms with van der Waals surface area (Å²) in [6.45, 7) is 9.90. The number of phenolic OH excluding ortho intramolecular Hbond substituents is 1. The molecule has 3 N–H and O–H groups in total. The zero-order valence-corrected chi connectivity index (χ0v) is 8.67. The largest absolute Gasteiger partial charge is 0.508 e. The highest BCUT2D eigenvalue weighted by atomic mass is 16.3. The SMILES string of the molecule is C=C.CN.Cc1ccc(O)c(C)c1. The lowest BCUT2D eigenvalue weighted by Gasteiger charge is -1.97. The standard InChI is InChI=1S/C8H10O.C2H4.CH5N/c1-6-3-4-8(9)7(2)5-6;2*1-2/h3-5,9H,1-2H3;1-2H2;2H2,1H3. The fourth-order valence-electron chi connectivity index (χ4n) is 0.805. The van der Waals surface area contributed by atoms with Crippen molar-refractivity contribution < 1.29 is 5.11 Å². The summed E-state index contributed by atoms with van der Waals surface area (Å²) in [6.07, 6.45) is 0. The summed E-state index contributed by atoms with van der Waals surface area (Å²) in [5.41, 5.74) is 6.63. The van der Waals surface area contributed by atoms with Gasteiger partial charge in [0.25, 0.3) is 0 Å². The Hall–Kier alpha value is -1.28. The predicted octanol–water partition coefficient (Wildman–Crippen LogP) is 2.39. The molecule has 0 saturated heterocycles. The molecular formula is C11H19NO. The second-order valence-corrected chi connectivity index (χ2v) is 2.29. The van der Waals surface area contributed by atoms with Crippen molar-refractivity contribution in [1.82, 2.24) is 0 Å². The third-order valence-electron chi connectivity index (χ3n) is 1.35. The predicted molar refractivity (Wildman–Crippen MR) is 58.9 cm³/mol. The first-order valence-corrected chi connectivity index (χ1v) is 4.04. The average Bonchev–Trinajstić information content (AvgIpc) is 2.18. The fourth-order valence-corrected chi connectivity index (χ4v) is 0.805. The van der Waals surface area contributed by atoms with Crippen molar-refractivity contribution in [2.75, 3.05) is 7.05 Å². The van der Waals surface area contributed by atoms with E-state index in [1.807, 2.05) is 26.0 Å². The van der Waals surface area contributed by atoms with E-state index in [1.165, 1.54) is 12.6 Å². The molecule has 0 atom stereocenters. The van der Waals surface area contributed by atoms with Crippen molar-refractivity contribution in [2.45, 2.75) is 13.8 Å². The van der Waals surface area contributed by atoms with Crippen LogP contribution in [0.15, 0.2) is 31.4 Å². The maximum absolute atomic E-state index is 9.04. The molecule has 0 aromatic heterocycles. The molecule has 0 amide bonds. The zero-order valence-electron chi connectivity index (χ0n) is 8.67. The summed E-state index contributed by atoms with van der Waals surface area (Å²) in [6, 6.07) is 5.56. The van der Waals surface area contributed by atoms with Crippen LogP contribution in [-0.4, -0.2) is 12.2 Å². The summed E-state index contributed by atoms with van der Waals surface area (Å²) in [4.78, 5) is 0. The van der Waals surface area contributed by atoms with E-state index in [0.29, 0.717) is 5.75 Å². The zero-order chi connectivity index (χ0) is 10.9. The maximum atomic E-state index is 9.04. The van der Waals surface area contributed by atoms with E-state index in [1.54, 1.807) is 6.07 Å². The van der Waals surface area contributed by atoms with Gasteiger partial charge in [0.1, 0.15) is 5.75 Å². The van der Waals surface area contributed by atoms with Crippen molar-refractivity contribution in [2.24, 2.45) is 5.73 Å². The first kappa shape index (κ1) is 14.3. The third kappa shape index (κ3) is 5.93. The summed E-state index contributed by atoms with van der Waals surface area (Å²) in [7, 11) is 1.50. The summed E-state index contributed by atoms with van der Waals surface area (Å²) < 4.78 is 0. The van der Waals surface area contributed by atoms with E-state index in [2.05, 4.69) is 18.9 Å². The average molecular weight is 181 g/mol. The highest BCUT2D eigenvalue weighted by Gasteiger charge is 1.91. The van der Waals surface area contributed by atoms with Gasteiger partial charge in [-0.1, -0.05) is 17.7 Å². The van der Waals surface area contributed by atoms with Crippen molar-refractivity contribution >= 4 is 0 Å². The van der Waals surface area contributed by atoms with Crippen LogP contribution in [0.25, 0.3) is 0 Å². The van der Waals surface area contributed by atoms with Crippen molar-refractivity contribution in [3.63, 3.8) is 0 Å². The van der Waals surface area contributed by atoms with Crippen LogP contribution in [0.4, 0.5) is 0 Å². The molecule has 0 saturated carbocycles. The second kappa shape index (κ2) is 8.81. The quantitative estimate of drug-likeness (QED) is 0.604. The second-order valence-electron chi connectivity index (χ2n) is 2.29. The normalized spacial score (nSPS) is 7.38. The minimum atomic E-state index is 0.376. The van der Waals surface area contributed by atoms with Gasteiger partial charge < -0.3 is 10.8 Å². The Kier molecular flexibility index (Phi) is 9.66. The molecular weight excluding hydrogens is 162 g/mol. The Labute approximate surface area is 80.7 Å². The van der Waals surface area contributed by atoms with Crippen LogP contribution in [0, 0.1) is 13.8 Å². The molecule has 13 heavy (non-hydrogen) atoms. The molecule has 0 radical (unpaired) electrons. The Morgan fingerprint density at radius 1 is 1.15 bits per heavy atom. The minimum absolute atomic E-state index is 0.376. The first-order chi connectivity index (χ1) is 6.20. The van der Waals surface area contributed by atoms with E-state index >= 15 is 0 Å². The monoisotopic (exact) mass is 181 g/mol. The van der Waals surface area contributed by atoms with E-state index in [-0.39, 0.29) is 0 Å². The lowest BCUT2D eigenvalue weighted by atomic mass is 10.1. The number of aryl methyl sites for hydroxylation is 2. The topological polar surface area (TPSA) is 46.2 Å². The van der Waals surface area contributed by atoms with Gasteiger partial charge in [0.2, 0.25) is 0 Å². The lowest BCUT2D eigenvalue weighted by Crippen LogP contribution is -1.75. The van der Waals surface area contributed by atoms with Gasteiger partial charge in [-0.3, -0.25) is 0 Å². The lowest BCUT2D eigenvalue weighted by molar-refractivity contribution is 0.471. The molecule has 1 rings (SSSR count). The van der Waals surface area contributed by atoms with Gasteiger partial charge >= 0.3 is 0 Å². The van der Waals surface area contributed by atoms with Gasteiger partial charge in [0.05, 0.1) is 0 Å². The van der Waals surface area contributed by atoms with E-state index in [4.69, 9.17) is 5.11 Å². The third-order valence-corrected chi connectivity index (χ3v) is 1.35. The van der Waals surface area contributed by atoms with Crippen LogP contribution in [-0.2, 0) is 0 Å². The molecule has 0 aliphatic heterocycles. The summed E-state index contributed by atoms with van der Waals surface area (Å²) >= 11 is 0. The Balaban J connectivity index is 0. The van der Waals surface area contributed by atoms with Crippen LogP contribution < -0.4 is 5.73 Å². The smallest absolute Gasteiger partial charge is 0.118 e. The van der Waals surface area contributed by atoms with Gasteiger partial charge in [-0.15, -0.1) is 13.2 Å². The van der Waals surface area contributed by atoms with E-state index in [0.717, 1.165) is 5.56 Å². The van der Waals surface area contributed by atoms with Crippen molar-refractivity contribution in [1.29, 1.82) is 0 Å². The number of phenols is 1. The first-order valence-electron chi connectivity index (χ1n) is 4.04. The Morgan fingerprint density at radius 3 is 1.92 bits per heavy atom. The van der Waals surface area contributed by atoms with Crippen LogP contribution in [0.1, 0.15) is 11.1 Å². The molecule has 1 aromatic carbocycles. The molecule has 0 bridgehead atoms. The minimum Gasteiger partial charge on any atom is -0.508 e. The molecule has 0 heterocycles. The number of hydrogen-bond acceptors (Lipinski definition) is 2. The molecule has 0 aliphatic rings. The highest BCUT2D eigenvalue weighted by molar-refractivity contribution is 5.34. The van der Waals surface area contributed by atoms with Crippen LogP contribution in [0.3, 0.4) is 0 Å². The summed E-state index contributed by atoms with van der Waals surface area (Å²) in [5.74, 6) is 0.376. The fraction of sp³-hybridized carbons (Fsp3) is 0.273. The summed E-state index contributed by atoms with van der Waals surface area (Å²) in [5, 5.41) is 9.04. The molecule has 74 valence electrons. The van der Waals surface area contributed by atoms with Crippen LogP contribution in [0.2, 0.25) is 0 Å². The number of rotatable bonds is 0. The molecule has 0 spiro atoms. The molecule has 0 aliphatic carbocycles. The van der Waals surface area contributed by atoms with Crippen LogP contribution in [0.5, 0.6) is 5.75 Å². The van der Waals surface area contributed by atoms with Gasteiger partial charge in [-0.05, 0) is 32.5 Å². The number of aromatic hydroxyl groups is 1. The molecule has 2 nitrogen and oxygen atoms in total. The van der Waals surface area contributed by atoms with Gasteiger partial charge in [-0.25, -0.2) is 0 Å². The molecule has 0 unspecified atom stereocenters. The number of hydrogen-bond donors (Lipinski definition) is 2. The number of nitrogens with two attached hydrogens (primary N) is 1. The molecule has 0 fully saturated rings. The highest BCUT2D eigenvalue weighted by Crippen LogP contribution is 2.15. The van der Waals surface area contributed by atoms with E-state index in [9.17, 15) is 0 Å². The Morgan fingerprint density at radius 2 is 1.62 bits per heavy atom. The van der Waals surface area contributed by atoms with Crippen molar-refractivity contribution in [3.8, 4) is 5.75 Å². The number of benzene rings is 1. The molecule has 2 heteroatoms. The van der Waals surface area contributed by atoms with Crippen LogP contribution >= 0.6 is 0 Å². The van der Waals surface area contributed by atoms with Gasteiger partial charge in [-0.2, -0.15) is 0 Å². The van der Waals surface area contributed by atoms with E-state index < -0.39 is 0 Å². The molecule has 1 aromatic rings.